The Morgan fingerprint density at radius 3 is 2.43 bits per heavy atom. The third kappa shape index (κ3) is 5.81. The van der Waals surface area contributed by atoms with Crippen LogP contribution in [0.4, 0.5) is 5.69 Å². The van der Waals surface area contributed by atoms with Gasteiger partial charge in [-0.2, -0.15) is 4.31 Å². The first-order chi connectivity index (χ1) is 14.4. The number of rotatable bonds is 8. The van der Waals surface area contributed by atoms with Gasteiger partial charge < -0.3 is 10.6 Å². The number of hydrogen-bond donors (Lipinski definition) is 2. The fourth-order valence-electron chi connectivity index (χ4n) is 3.19. The monoisotopic (exact) mass is 449 g/mol. The van der Waals surface area contributed by atoms with Crippen molar-refractivity contribution in [3.63, 3.8) is 0 Å². The normalized spacial score (nSPS) is 14.4. The summed E-state index contributed by atoms with van der Waals surface area (Å²) in [5.41, 5.74) is 0.936. The maximum Gasteiger partial charge on any atom is 0.251 e. The molecule has 0 radical (unpaired) electrons. The molecule has 1 saturated heterocycles. The molecule has 2 N–H and O–H groups in total. The maximum absolute atomic E-state index is 12.6. The predicted molar refractivity (Wildman–Crippen MR) is 116 cm³/mol. The lowest BCUT2D eigenvalue weighted by atomic mass is 10.2. The van der Waals surface area contributed by atoms with Crippen LogP contribution in [0.25, 0.3) is 0 Å². The third-order valence-electron chi connectivity index (χ3n) is 4.79. The molecule has 1 heterocycles. The summed E-state index contributed by atoms with van der Waals surface area (Å²) < 4.78 is 26.8. The molecule has 0 aromatic heterocycles. The molecule has 2 aromatic rings. The fourth-order valence-corrected chi connectivity index (χ4v) is 4.88. The quantitative estimate of drug-likeness (QED) is 0.604. The van der Waals surface area contributed by atoms with Crippen LogP contribution in [0.15, 0.2) is 53.4 Å². The summed E-state index contributed by atoms with van der Waals surface area (Å²) >= 11 is 5.80. The Labute approximate surface area is 181 Å². The second-order valence-corrected chi connectivity index (χ2v) is 9.43. The number of sulfonamides is 1. The van der Waals surface area contributed by atoms with Crippen molar-refractivity contribution in [3.8, 4) is 0 Å². The van der Waals surface area contributed by atoms with Crippen LogP contribution in [-0.4, -0.2) is 44.2 Å². The highest BCUT2D eigenvalue weighted by molar-refractivity contribution is 7.89. The minimum Gasteiger partial charge on any atom is -0.352 e. The second kappa shape index (κ2) is 10.1. The van der Waals surface area contributed by atoms with Crippen LogP contribution in [0.2, 0.25) is 5.02 Å². The average Bonchev–Trinajstić information content (AvgIpc) is 3.27. The van der Waals surface area contributed by atoms with Crippen LogP contribution < -0.4 is 10.6 Å². The van der Waals surface area contributed by atoms with Crippen molar-refractivity contribution >= 4 is 39.1 Å². The first-order valence-electron chi connectivity index (χ1n) is 9.80. The first-order valence-corrected chi connectivity index (χ1v) is 11.6. The predicted octanol–water partition coefficient (Wildman–Crippen LogP) is 3.27. The van der Waals surface area contributed by atoms with Crippen molar-refractivity contribution in [1.29, 1.82) is 0 Å². The van der Waals surface area contributed by atoms with Gasteiger partial charge in [0.15, 0.2) is 0 Å². The fraction of sp³-hybridized carbons (Fsp3) is 0.333. The lowest BCUT2D eigenvalue weighted by Gasteiger charge is -2.16. The summed E-state index contributed by atoms with van der Waals surface area (Å²) in [5, 5.41) is 6.03. The highest BCUT2D eigenvalue weighted by Gasteiger charge is 2.27. The number of halogens is 1. The van der Waals surface area contributed by atoms with Crippen molar-refractivity contribution in [2.75, 3.05) is 25.0 Å². The molecule has 3 rings (SSSR count). The molecule has 2 amide bonds. The van der Waals surface area contributed by atoms with E-state index >= 15 is 0 Å². The van der Waals surface area contributed by atoms with Gasteiger partial charge in [0.1, 0.15) is 0 Å². The van der Waals surface area contributed by atoms with E-state index in [0.717, 1.165) is 12.8 Å². The molecule has 9 heteroatoms. The van der Waals surface area contributed by atoms with Crippen LogP contribution in [-0.2, 0) is 14.8 Å². The van der Waals surface area contributed by atoms with Gasteiger partial charge in [0.25, 0.3) is 5.91 Å². The van der Waals surface area contributed by atoms with E-state index in [0.29, 0.717) is 42.3 Å². The van der Waals surface area contributed by atoms with Crippen molar-refractivity contribution < 1.29 is 18.0 Å². The topological polar surface area (TPSA) is 95.6 Å². The Hall–Kier alpha value is -2.42. The molecule has 0 aliphatic carbocycles. The van der Waals surface area contributed by atoms with Crippen molar-refractivity contribution in [1.82, 2.24) is 9.62 Å². The van der Waals surface area contributed by atoms with Crippen LogP contribution in [0, 0.1) is 0 Å². The second-order valence-electron chi connectivity index (χ2n) is 7.05. The number of nitrogens with one attached hydrogen (secondary N) is 2. The van der Waals surface area contributed by atoms with E-state index in [-0.39, 0.29) is 23.1 Å². The van der Waals surface area contributed by atoms with E-state index in [4.69, 9.17) is 11.6 Å². The van der Waals surface area contributed by atoms with Crippen LogP contribution in [0.3, 0.4) is 0 Å². The number of nitrogens with zero attached hydrogens (tertiary/aromatic N) is 1. The Kier molecular flexibility index (Phi) is 7.47. The summed E-state index contributed by atoms with van der Waals surface area (Å²) in [5.74, 6) is -0.474. The zero-order valence-corrected chi connectivity index (χ0v) is 18.0. The van der Waals surface area contributed by atoms with Crippen molar-refractivity contribution in [2.45, 2.75) is 30.6 Å². The van der Waals surface area contributed by atoms with Gasteiger partial charge in [0, 0.05) is 42.3 Å². The molecule has 0 bridgehead atoms. The highest BCUT2D eigenvalue weighted by atomic mass is 35.5. The number of amides is 2. The Morgan fingerprint density at radius 1 is 1.03 bits per heavy atom. The first kappa shape index (κ1) is 22.3. The van der Waals surface area contributed by atoms with Gasteiger partial charge in [-0.3, -0.25) is 9.59 Å². The molecule has 30 heavy (non-hydrogen) atoms. The Balaban J connectivity index is 1.47. The summed E-state index contributed by atoms with van der Waals surface area (Å²) in [7, 11) is -3.53. The molecule has 0 unspecified atom stereocenters. The van der Waals surface area contributed by atoms with E-state index in [2.05, 4.69) is 10.6 Å². The minimum absolute atomic E-state index is 0.178. The largest absolute Gasteiger partial charge is 0.352 e. The maximum atomic E-state index is 12.6. The minimum atomic E-state index is -3.53. The standard InChI is InChI=1S/C21H24ClN3O4S/c22-17-10-8-16(9-11-17)21(27)23-12-4-7-20(26)24-18-5-3-6-19(15-18)30(28,29)25-13-1-2-14-25/h3,5-6,8-11,15H,1-2,4,7,12-14H2,(H,23,27)(H,24,26). The smallest absolute Gasteiger partial charge is 0.251 e. The zero-order chi connectivity index (χ0) is 21.6. The van der Waals surface area contributed by atoms with Crippen LogP contribution in [0.5, 0.6) is 0 Å². The van der Waals surface area contributed by atoms with Gasteiger partial charge in [0.2, 0.25) is 15.9 Å². The van der Waals surface area contributed by atoms with E-state index in [1.165, 1.54) is 16.4 Å². The molecular weight excluding hydrogens is 426 g/mol. The molecule has 0 atom stereocenters. The SMILES string of the molecule is O=C(CCCNC(=O)c1ccc(Cl)cc1)Nc1cccc(S(=O)(=O)N2CCCC2)c1. The van der Waals surface area contributed by atoms with E-state index < -0.39 is 10.0 Å². The Bertz CT molecular complexity index is 1000. The number of benzene rings is 2. The van der Waals surface area contributed by atoms with Crippen molar-refractivity contribution in [2.24, 2.45) is 0 Å². The molecule has 1 aliphatic heterocycles. The molecule has 0 spiro atoms. The Morgan fingerprint density at radius 2 is 1.73 bits per heavy atom. The summed E-state index contributed by atoms with van der Waals surface area (Å²) in [6.07, 6.45) is 2.38. The van der Waals surface area contributed by atoms with Gasteiger partial charge in [-0.25, -0.2) is 8.42 Å². The molecule has 160 valence electrons. The summed E-state index contributed by atoms with van der Waals surface area (Å²) in [6.45, 7) is 1.40. The lowest BCUT2D eigenvalue weighted by Crippen LogP contribution is -2.28. The molecule has 0 saturated carbocycles. The van der Waals surface area contributed by atoms with Crippen LogP contribution in [0.1, 0.15) is 36.0 Å². The third-order valence-corrected chi connectivity index (χ3v) is 6.94. The zero-order valence-electron chi connectivity index (χ0n) is 16.4. The summed E-state index contributed by atoms with van der Waals surface area (Å²) in [4.78, 5) is 24.4. The van der Waals surface area contributed by atoms with Gasteiger partial charge >= 0.3 is 0 Å². The van der Waals surface area contributed by atoms with E-state index in [1.807, 2.05) is 0 Å². The van der Waals surface area contributed by atoms with Crippen molar-refractivity contribution in [3.05, 3.63) is 59.1 Å². The number of anilines is 1. The molecular formula is C21H24ClN3O4S. The lowest BCUT2D eigenvalue weighted by molar-refractivity contribution is -0.116. The number of carbonyl (C=O) groups is 2. The number of carbonyl (C=O) groups excluding carboxylic acids is 2. The summed E-state index contributed by atoms with van der Waals surface area (Å²) in [6, 6.07) is 12.8. The number of hydrogen-bond acceptors (Lipinski definition) is 4. The van der Waals surface area contributed by atoms with E-state index in [9.17, 15) is 18.0 Å². The molecule has 1 aliphatic rings. The van der Waals surface area contributed by atoms with Gasteiger partial charge in [-0.15, -0.1) is 0 Å². The van der Waals surface area contributed by atoms with Gasteiger partial charge in [-0.05, 0) is 61.7 Å². The molecule has 7 nitrogen and oxygen atoms in total. The van der Waals surface area contributed by atoms with Gasteiger partial charge in [-0.1, -0.05) is 17.7 Å². The van der Waals surface area contributed by atoms with Gasteiger partial charge in [0.05, 0.1) is 4.90 Å². The average molecular weight is 450 g/mol. The molecule has 1 fully saturated rings. The highest BCUT2D eigenvalue weighted by Crippen LogP contribution is 2.23. The molecule has 2 aromatic carbocycles. The van der Waals surface area contributed by atoms with Crippen LogP contribution >= 0.6 is 11.6 Å². The van der Waals surface area contributed by atoms with E-state index in [1.54, 1.807) is 36.4 Å².